The van der Waals surface area contributed by atoms with E-state index in [-0.39, 0.29) is 11.3 Å². The maximum absolute atomic E-state index is 12.1. The molecule has 0 aliphatic heterocycles. The third-order valence-electron chi connectivity index (χ3n) is 3.00. The van der Waals surface area contributed by atoms with E-state index in [1.807, 2.05) is 25.8 Å². The van der Waals surface area contributed by atoms with Crippen molar-refractivity contribution < 1.29 is 9.72 Å². The summed E-state index contributed by atoms with van der Waals surface area (Å²) in [4.78, 5) is 28.4. The maximum Gasteiger partial charge on any atom is 0.300 e. The van der Waals surface area contributed by atoms with Crippen LogP contribution in [0.3, 0.4) is 0 Å². The SMILES string of the molecule is CCNc1cc(C(=O)NCCN(C)CC)c([N+](=O)[O-])cn1. The fraction of sp³-hybridized carbons (Fsp3) is 0.538. The Hall–Kier alpha value is -2.22. The van der Waals surface area contributed by atoms with E-state index in [0.717, 1.165) is 12.7 Å². The summed E-state index contributed by atoms with van der Waals surface area (Å²) >= 11 is 0. The summed E-state index contributed by atoms with van der Waals surface area (Å²) in [5.74, 6) is -0.0216. The van der Waals surface area contributed by atoms with Gasteiger partial charge in [0.2, 0.25) is 0 Å². The molecule has 0 aliphatic carbocycles. The van der Waals surface area contributed by atoms with E-state index in [1.165, 1.54) is 6.07 Å². The second-order valence-corrected chi connectivity index (χ2v) is 4.53. The minimum atomic E-state index is -0.601. The first-order valence-electron chi connectivity index (χ1n) is 6.84. The van der Waals surface area contributed by atoms with Gasteiger partial charge in [-0.05, 0) is 20.5 Å². The number of amides is 1. The smallest absolute Gasteiger partial charge is 0.300 e. The molecule has 116 valence electrons. The van der Waals surface area contributed by atoms with Gasteiger partial charge in [-0.15, -0.1) is 0 Å². The van der Waals surface area contributed by atoms with E-state index in [9.17, 15) is 14.9 Å². The molecule has 0 bridgehead atoms. The zero-order valence-corrected chi connectivity index (χ0v) is 12.5. The number of carbonyl (C=O) groups is 1. The van der Waals surface area contributed by atoms with Crippen molar-refractivity contribution in [1.82, 2.24) is 15.2 Å². The number of aromatic nitrogens is 1. The van der Waals surface area contributed by atoms with Crippen LogP contribution in [0, 0.1) is 10.1 Å². The van der Waals surface area contributed by atoms with Crippen molar-refractivity contribution in [2.45, 2.75) is 13.8 Å². The summed E-state index contributed by atoms with van der Waals surface area (Å²) < 4.78 is 0. The topological polar surface area (TPSA) is 100 Å². The summed E-state index contributed by atoms with van der Waals surface area (Å²) in [5.41, 5.74) is -0.275. The molecule has 0 aromatic carbocycles. The molecule has 0 saturated heterocycles. The molecule has 8 heteroatoms. The molecular formula is C13H21N5O3. The van der Waals surface area contributed by atoms with Gasteiger partial charge in [0.1, 0.15) is 17.6 Å². The molecule has 0 unspecified atom stereocenters. The Balaban J connectivity index is 2.84. The van der Waals surface area contributed by atoms with E-state index >= 15 is 0 Å². The summed E-state index contributed by atoms with van der Waals surface area (Å²) in [7, 11) is 1.93. The van der Waals surface area contributed by atoms with Crippen LogP contribution in [0.2, 0.25) is 0 Å². The van der Waals surface area contributed by atoms with Crippen molar-refractivity contribution in [2.24, 2.45) is 0 Å². The molecule has 0 aliphatic rings. The molecule has 0 saturated carbocycles. The predicted molar refractivity (Wildman–Crippen MR) is 80.6 cm³/mol. The highest BCUT2D eigenvalue weighted by molar-refractivity contribution is 5.98. The monoisotopic (exact) mass is 295 g/mol. The second kappa shape index (κ2) is 8.15. The number of anilines is 1. The van der Waals surface area contributed by atoms with Crippen LogP contribution >= 0.6 is 0 Å². The van der Waals surface area contributed by atoms with E-state index in [2.05, 4.69) is 15.6 Å². The summed E-state index contributed by atoms with van der Waals surface area (Å²) in [5, 5.41) is 16.6. The number of rotatable bonds is 8. The van der Waals surface area contributed by atoms with Crippen LogP contribution in [-0.4, -0.2) is 53.9 Å². The molecule has 0 radical (unpaired) electrons. The third-order valence-corrected chi connectivity index (χ3v) is 3.00. The number of hydrogen-bond acceptors (Lipinski definition) is 6. The molecule has 0 fully saturated rings. The Morgan fingerprint density at radius 1 is 1.48 bits per heavy atom. The van der Waals surface area contributed by atoms with Crippen molar-refractivity contribution >= 4 is 17.4 Å². The lowest BCUT2D eigenvalue weighted by molar-refractivity contribution is -0.385. The molecule has 1 aromatic rings. The fourth-order valence-corrected chi connectivity index (χ4v) is 1.67. The van der Waals surface area contributed by atoms with E-state index in [4.69, 9.17) is 0 Å². The highest BCUT2D eigenvalue weighted by Crippen LogP contribution is 2.20. The minimum absolute atomic E-state index is 0.0186. The Kier molecular flexibility index (Phi) is 6.54. The number of nitro groups is 1. The average molecular weight is 295 g/mol. The van der Waals surface area contributed by atoms with Crippen molar-refractivity contribution in [2.75, 3.05) is 38.5 Å². The Labute approximate surface area is 123 Å². The minimum Gasteiger partial charge on any atom is -0.370 e. The van der Waals surface area contributed by atoms with Crippen molar-refractivity contribution in [1.29, 1.82) is 0 Å². The van der Waals surface area contributed by atoms with Gasteiger partial charge in [-0.2, -0.15) is 0 Å². The molecule has 1 rings (SSSR count). The fourth-order valence-electron chi connectivity index (χ4n) is 1.67. The predicted octanol–water partition coefficient (Wildman–Crippen LogP) is 1.10. The summed E-state index contributed by atoms with van der Waals surface area (Å²) in [6.07, 6.45) is 1.10. The van der Waals surface area contributed by atoms with Gasteiger partial charge in [-0.25, -0.2) is 4.98 Å². The van der Waals surface area contributed by atoms with Gasteiger partial charge in [-0.3, -0.25) is 14.9 Å². The van der Waals surface area contributed by atoms with Crippen LogP contribution in [-0.2, 0) is 0 Å². The maximum atomic E-state index is 12.1. The zero-order chi connectivity index (χ0) is 15.8. The number of carbonyl (C=O) groups excluding carboxylic acids is 1. The van der Waals surface area contributed by atoms with Crippen LogP contribution in [0.4, 0.5) is 11.5 Å². The number of pyridine rings is 1. The van der Waals surface area contributed by atoms with Crippen molar-refractivity contribution in [3.8, 4) is 0 Å². The van der Waals surface area contributed by atoms with Gasteiger partial charge in [-0.1, -0.05) is 6.92 Å². The van der Waals surface area contributed by atoms with Crippen molar-refractivity contribution in [3.63, 3.8) is 0 Å². The zero-order valence-electron chi connectivity index (χ0n) is 12.5. The number of nitrogens with zero attached hydrogens (tertiary/aromatic N) is 3. The van der Waals surface area contributed by atoms with Gasteiger partial charge in [0.25, 0.3) is 11.6 Å². The first-order valence-corrected chi connectivity index (χ1v) is 6.84. The molecule has 8 nitrogen and oxygen atoms in total. The first-order chi connectivity index (χ1) is 9.99. The van der Waals surface area contributed by atoms with Crippen LogP contribution in [0.1, 0.15) is 24.2 Å². The highest BCUT2D eigenvalue weighted by atomic mass is 16.6. The van der Waals surface area contributed by atoms with Crippen molar-refractivity contribution in [3.05, 3.63) is 27.9 Å². The van der Waals surface area contributed by atoms with Crippen LogP contribution in [0.5, 0.6) is 0 Å². The van der Waals surface area contributed by atoms with Crippen LogP contribution in [0.25, 0.3) is 0 Å². The molecule has 0 atom stereocenters. The normalized spacial score (nSPS) is 10.5. The number of nitrogens with one attached hydrogen (secondary N) is 2. The summed E-state index contributed by atoms with van der Waals surface area (Å²) in [6.45, 7) is 6.49. The lowest BCUT2D eigenvalue weighted by Crippen LogP contribution is -2.33. The molecule has 21 heavy (non-hydrogen) atoms. The second-order valence-electron chi connectivity index (χ2n) is 4.53. The van der Waals surface area contributed by atoms with E-state index in [1.54, 1.807) is 0 Å². The lowest BCUT2D eigenvalue weighted by Gasteiger charge is -2.14. The van der Waals surface area contributed by atoms with Gasteiger partial charge in [0.15, 0.2) is 0 Å². The quantitative estimate of drug-likeness (QED) is 0.550. The van der Waals surface area contributed by atoms with Crippen LogP contribution < -0.4 is 10.6 Å². The Morgan fingerprint density at radius 3 is 2.76 bits per heavy atom. The standard InChI is InChI=1S/C13H21N5O3/c1-4-14-12-8-10(11(9-16-12)18(20)21)13(19)15-6-7-17(3)5-2/h8-9H,4-7H2,1-3H3,(H,14,16)(H,15,19). The highest BCUT2D eigenvalue weighted by Gasteiger charge is 2.21. The number of likely N-dealkylation sites (N-methyl/N-ethyl adjacent to an activating group) is 1. The average Bonchev–Trinajstić information content (AvgIpc) is 2.46. The first kappa shape index (κ1) is 16.8. The lowest BCUT2D eigenvalue weighted by atomic mass is 10.2. The molecular weight excluding hydrogens is 274 g/mol. The third kappa shape index (κ3) is 4.99. The van der Waals surface area contributed by atoms with Gasteiger partial charge < -0.3 is 15.5 Å². The van der Waals surface area contributed by atoms with Crippen LogP contribution in [0.15, 0.2) is 12.3 Å². The largest absolute Gasteiger partial charge is 0.370 e. The Morgan fingerprint density at radius 2 is 2.19 bits per heavy atom. The molecule has 1 amide bonds. The van der Waals surface area contributed by atoms with Gasteiger partial charge in [0.05, 0.1) is 4.92 Å². The van der Waals surface area contributed by atoms with Gasteiger partial charge >= 0.3 is 0 Å². The number of hydrogen-bond donors (Lipinski definition) is 2. The Bertz CT molecular complexity index is 507. The van der Waals surface area contributed by atoms with Gasteiger partial charge in [0, 0.05) is 25.7 Å². The molecule has 2 N–H and O–H groups in total. The molecule has 1 heterocycles. The van der Waals surface area contributed by atoms with E-state index in [0.29, 0.717) is 25.5 Å². The van der Waals surface area contributed by atoms with E-state index < -0.39 is 10.8 Å². The summed E-state index contributed by atoms with van der Waals surface area (Å²) in [6, 6.07) is 1.40. The molecule has 1 aromatic heterocycles. The molecule has 0 spiro atoms.